The van der Waals surface area contributed by atoms with Gasteiger partial charge in [-0.05, 0) is 50.4 Å². The molecule has 5 nitrogen and oxygen atoms in total. The van der Waals surface area contributed by atoms with Crippen LogP contribution < -0.4 is 15.5 Å². The molecule has 2 N–H and O–H groups in total. The van der Waals surface area contributed by atoms with Gasteiger partial charge in [-0.3, -0.25) is 9.59 Å². The molecule has 0 aliphatic carbocycles. The maximum atomic E-state index is 12.3. The Morgan fingerprint density at radius 1 is 1.30 bits per heavy atom. The van der Waals surface area contributed by atoms with Gasteiger partial charge in [-0.1, -0.05) is 12.1 Å². The van der Waals surface area contributed by atoms with Crippen LogP contribution in [0, 0.1) is 5.92 Å². The highest BCUT2D eigenvalue weighted by Gasteiger charge is 2.23. The number of rotatable bonds is 4. The summed E-state index contributed by atoms with van der Waals surface area (Å²) in [5.41, 5.74) is 2.02. The van der Waals surface area contributed by atoms with Crippen LogP contribution in [0.4, 0.5) is 5.69 Å². The van der Waals surface area contributed by atoms with E-state index in [9.17, 15) is 9.59 Å². The lowest BCUT2D eigenvalue weighted by Crippen LogP contribution is -2.41. The maximum Gasteiger partial charge on any atom is 0.227 e. The van der Waals surface area contributed by atoms with Crippen LogP contribution in [0.1, 0.15) is 44.2 Å². The van der Waals surface area contributed by atoms with E-state index in [0.717, 1.165) is 50.1 Å². The SMILES string of the molecule is CC(NC(=O)C1CCCNC1)c1ccc(N2CCCC2=O)cc1. The van der Waals surface area contributed by atoms with Crippen molar-refractivity contribution in [2.45, 2.75) is 38.6 Å². The first-order valence-corrected chi connectivity index (χ1v) is 8.56. The van der Waals surface area contributed by atoms with Crippen molar-refractivity contribution < 1.29 is 9.59 Å². The highest BCUT2D eigenvalue weighted by Crippen LogP contribution is 2.24. The van der Waals surface area contributed by atoms with Gasteiger partial charge in [0.15, 0.2) is 0 Å². The van der Waals surface area contributed by atoms with Crippen LogP contribution in [-0.2, 0) is 9.59 Å². The summed E-state index contributed by atoms with van der Waals surface area (Å²) < 4.78 is 0. The topological polar surface area (TPSA) is 61.4 Å². The molecule has 124 valence electrons. The zero-order valence-corrected chi connectivity index (χ0v) is 13.7. The molecule has 0 aromatic heterocycles. The largest absolute Gasteiger partial charge is 0.349 e. The number of anilines is 1. The standard InChI is InChI=1S/C18H25N3O2/c1-13(20-18(23)15-4-2-10-19-12-15)14-6-8-16(9-7-14)21-11-3-5-17(21)22/h6-9,13,15,19H,2-5,10-12H2,1H3,(H,20,23). The monoisotopic (exact) mass is 315 g/mol. The Hall–Kier alpha value is -1.88. The van der Waals surface area contributed by atoms with E-state index in [4.69, 9.17) is 0 Å². The van der Waals surface area contributed by atoms with Crippen LogP contribution in [0.15, 0.2) is 24.3 Å². The van der Waals surface area contributed by atoms with Gasteiger partial charge in [-0.2, -0.15) is 0 Å². The van der Waals surface area contributed by atoms with Crippen LogP contribution >= 0.6 is 0 Å². The van der Waals surface area contributed by atoms with E-state index in [2.05, 4.69) is 10.6 Å². The van der Waals surface area contributed by atoms with Crippen molar-refractivity contribution in [1.82, 2.24) is 10.6 Å². The predicted molar refractivity (Wildman–Crippen MR) is 90.2 cm³/mol. The molecule has 0 saturated carbocycles. The third kappa shape index (κ3) is 3.72. The molecule has 2 unspecified atom stereocenters. The minimum atomic E-state index is -0.0206. The minimum Gasteiger partial charge on any atom is -0.349 e. The van der Waals surface area contributed by atoms with Crippen molar-refractivity contribution in [3.63, 3.8) is 0 Å². The van der Waals surface area contributed by atoms with Crippen molar-refractivity contribution >= 4 is 17.5 Å². The van der Waals surface area contributed by atoms with Crippen molar-refractivity contribution in [2.24, 2.45) is 5.92 Å². The molecule has 0 radical (unpaired) electrons. The lowest BCUT2D eigenvalue weighted by molar-refractivity contribution is -0.126. The Morgan fingerprint density at radius 3 is 2.70 bits per heavy atom. The van der Waals surface area contributed by atoms with E-state index in [1.807, 2.05) is 36.1 Å². The number of hydrogen-bond donors (Lipinski definition) is 2. The maximum absolute atomic E-state index is 12.3. The quantitative estimate of drug-likeness (QED) is 0.893. The first-order chi connectivity index (χ1) is 11.1. The average Bonchev–Trinajstić information content (AvgIpc) is 3.02. The van der Waals surface area contributed by atoms with Gasteiger partial charge >= 0.3 is 0 Å². The number of carbonyl (C=O) groups is 2. The van der Waals surface area contributed by atoms with Crippen LogP contribution in [0.5, 0.6) is 0 Å². The summed E-state index contributed by atoms with van der Waals surface area (Å²) in [6.45, 7) is 4.59. The molecule has 2 heterocycles. The van der Waals surface area contributed by atoms with Gasteiger partial charge in [0.25, 0.3) is 0 Å². The van der Waals surface area contributed by atoms with Gasteiger partial charge < -0.3 is 15.5 Å². The second-order valence-electron chi connectivity index (χ2n) is 6.51. The predicted octanol–water partition coefficient (Wildman–Crippen LogP) is 1.99. The lowest BCUT2D eigenvalue weighted by Gasteiger charge is -2.24. The molecule has 2 aliphatic heterocycles. The normalized spacial score (nSPS) is 22.9. The van der Waals surface area contributed by atoms with Crippen molar-refractivity contribution in [2.75, 3.05) is 24.5 Å². The Labute approximate surface area is 137 Å². The third-order valence-corrected chi connectivity index (χ3v) is 4.80. The van der Waals surface area contributed by atoms with E-state index in [0.29, 0.717) is 6.42 Å². The van der Waals surface area contributed by atoms with Gasteiger partial charge in [0, 0.05) is 25.2 Å². The summed E-state index contributed by atoms with van der Waals surface area (Å²) in [4.78, 5) is 25.9. The molecule has 3 rings (SSSR count). The summed E-state index contributed by atoms with van der Waals surface area (Å²) in [6.07, 6.45) is 3.60. The highest BCUT2D eigenvalue weighted by atomic mass is 16.2. The number of nitrogens with zero attached hydrogens (tertiary/aromatic N) is 1. The van der Waals surface area contributed by atoms with Crippen LogP contribution in [-0.4, -0.2) is 31.4 Å². The third-order valence-electron chi connectivity index (χ3n) is 4.80. The second-order valence-corrected chi connectivity index (χ2v) is 6.51. The summed E-state index contributed by atoms with van der Waals surface area (Å²) in [7, 11) is 0. The molecule has 2 saturated heterocycles. The molecule has 23 heavy (non-hydrogen) atoms. The van der Waals surface area contributed by atoms with Gasteiger partial charge in [-0.15, -0.1) is 0 Å². The molecule has 2 atom stereocenters. The Balaban J connectivity index is 1.59. The molecule has 0 bridgehead atoms. The summed E-state index contributed by atoms with van der Waals surface area (Å²) in [5.74, 6) is 0.403. The van der Waals surface area contributed by atoms with Gasteiger partial charge in [-0.25, -0.2) is 0 Å². The number of nitrogens with one attached hydrogen (secondary N) is 2. The molecular weight excluding hydrogens is 290 g/mol. The summed E-state index contributed by atoms with van der Waals surface area (Å²) in [5, 5.41) is 6.38. The molecule has 5 heteroatoms. The second kappa shape index (κ2) is 7.13. The van der Waals surface area contributed by atoms with Crippen molar-refractivity contribution in [3.8, 4) is 0 Å². The molecule has 1 aromatic rings. The fraction of sp³-hybridized carbons (Fsp3) is 0.556. The fourth-order valence-corrected chi connectivity index (χ4v) is 3.35. The molecular formula is C18H25N3O2. The Kier molecular flexibility index (Phi) is 4.96. The van der Waals surface area contributed by atoms with E-state index < -0.39 is 0 Å². The summed E-state index contributed by atoms with van der Waals surface area (Å²) in [6, 6.07) is 7.94. The summed E-state index contributed by atoms with van der Waals surface area (Å²) >= 11 is 0. The number of amides is 2. The molecule has 2 amide bonds. The number of piperidine rings is 1. The van der Waals surface area contributed by atoms with E-state index >= 15 is 0 Å². The lowest BCUT2D eigenvalue weighted by atomic mass is 9.98. The first kappa shape index (κ1) is 16.0. The van der Waals surface area contributed by atoms with E-state index in [-0.39, 0.29) is 23.8 Å². The smallest absolute Gasteiger partial charge is 0.227 e. The van der Waals surface area contributed by atoms with Gasteiger partial charge in [0.1, 0.15) is 0 Å². The number of carbonyl (C=O) groups excluding carboxylic acids is 2. The fourth-order valence-electron chi connectivity index (χ4n) is 3.35. The van der Waals surface area contributed by atoms with Crippen molar-refractivity contribution in [1.29, 1.82) is 0 Å². The highest BCUT2D eigenvalue weighted by molar-refractivity contribution is 5.95. The Morgan fingerprint density at radius 2 is 2.09 bits per heavy atom. The molecule has 1 aromatic carbocycles. The zero-order chi connectivity index (χ0) is 16.2. The molecule has 2 aliphatic rings. The molecule has 0 spiro atoms. The van der Waals surface area contributed by atoms with Crippen LogP contribution in [0.3, 0.4) is 0 Å². The van der Waals surface area contributed by atoms with Crippen molar-refractivity contribution in [3.05, 3.63) is 29.8 Å². The van der Waals surface area contributed by atoms with Gasteiger partial charge in [0.05, 0.1) is 12.0 Å². The average molecular weight is 315 g/mol. The van der Waals surface area contributed by atoms with E-state index in [1.165, 1.54) is 0 Å². The van der Waals surface area contributed by atoms with E-state index in [1.54, 1.807) is 0 Å². The van der Waals surface area contributed by atoms with Gasteiger partial charge in [0.2, 0.25) is 11.8 Å². The number of hydrogen-bond acceptors (Lipinski definition) is 3. The first-order valence-electron chi connectivity index (χ1n) is 8.56. The van der Waals surface area contributed by atoms with Crippen LogP contribution in [0.2, 0.25) is 0 Å². The zero-order valence-electron chi connectivity index (χ0n) is 13.7. The molecule has 2 fully saturated rings. The Bertz CT molecular complexity index is 564. The number of benzene rings is 1. The van der Waals surface area contributed by atoms with Crippen LogP contribution in [0.25, 0.3) is 0 Å². The minimum absolute atomic E-state index is 0.0206.